The number of hydrogen-bond acceptors (Lipinski definition) is 4. The molecule has 5 heterocycles. The minimum Gasteiger partial charge on any atom is -0.308 e. The van der Waals surface area contributed by atoms with E-state index in [2.05, 4.69) is 202 Å². The highest BCUT2D eigenvalue weighted by Crippen LogP contribution is 2.72. The standard InChI is InChI=1S/C56H67N2OPS/c1-50(2,3)30-20-22-37-33(24-30)55(16,17)43-35(53(10,11)12)28-41-48-45(43)57(37)39-26-32(52(7,8)9)27-40-47(39)60(48,59)49-42(61-41)29-36(54(13,14)15)44-46(49)58(40)38-23-21-31(51(4,5)6)25-34(38)56(44,18)19/h20-29H,1-19H3. The topological polar surface area (TPSA) is 23.6 Å². The van der Waals surface area contributed by atoms with E-state index in [1.54, 1.807) is 0 Å². The molecule has 3 nitrogen and oxygen atoms in total. The number of hydrogen-bond donors (Lipinski definition) is 0. The molecular formula is C56H67N2OPS. The lowest BCUT2D eigenvalue weighted by Gasteiger charge is -2.55. The second-order valence-electron chi connectivity index (χ2n) is 25.2. The van der Waals surface area contributed by atoms with Gasteiger partial charge in [-0.2, -0.15) is 0 Å². The van der Waals surface area contributed by atoms with Crippen LogP contribution in [0.15, 0.2) is 70.5 Å². The first-order chi connectivity index (χ1) is 27.8. The van der Waals surface area contributed by atoms with Crippen LogP contribution in [0.25, 0.3) is 0 Å². The second-order valence-corrected chi connectivity index (χ2v) is 28.8. The van der Waals surface area contributed by atoms with Crippen LogP contribution in [0.4, 0.5) is 34.1 Å². The monoisotopic (exact) mass is 846 g/mol. The van der Waals surface area contributed by atoms with Crippen LogP contribution in [0.2, 0.25) is 0 Å². The first kappa shape index (κ1) is 41.3. The maximum absolute atomic E-state index is 17.9. The SMILES string of the molecule is CC(C)(C)c1cc2c3c(c1)N1c4ccc(C(C)(C)C)cc4C(C)(C)c4c(C(C)(C)C)cc5c(c41)P3(=O)c1c(cc(C(C)(C)C)c3c1N2c1ccc(C(C)(C)C)cc1C3(C)C)S5. The Bertz CT molecular complexity index is 2710. The smallest absolute Gasteiger partial charge is 0.181 e. The van der Waals surface area contributed by atoms with Gasteiger partial charge in [-0.15, -0.1) is 0 Å². The van der Waals surface area contributed by atoms with Crippen molar-refractivity contribution in [1.82, 2.24) is 0 Å². The number of rotatable bonds is 0. The van der Waals surface area contributed by atoms with Gasteiger partial charge in [0.1, 0.15) is 0 Å². The summed E-state index contributed by atoms with van der Waals surface area (Å²) in [6.45, 7) is 44.9. The third-order valence-corrected chi connectivity index (χ3v) is 19.6. The molecular weight excluding hydrogens is 780 g/mol. The van der Waals surface area contributed by atoms with E-state index in [-0.39, 0.29) is 37.9 Å². The van der Waals surface area contributed by atoms with Gasteiger partial charge in [0.2, 0.25) is 0 Å². The molecule has 0 aromatic heterocycles. The Morgan fingerprint density at radius 3 is 1.13 bits per heavy atom. The van der Waals surface area contributed by atoms with Crippen molar-refractivity contribution in [2.24, 2.45) is 0 Å². The van der Waals surface area contributed by atoms with E-state index in [9.17, 15) is 0 Å². The van der Waals surface area contributed by atoms with Crippen molar-refractivity contribution in [3.05, 3.63) is 111 Å². The molecule has 0 spiro atoms. The molecule has 10 rings (SSSR count). The Morgan fingerprint density at radius 2 is 0.803 bits per heavy atom. The Hall–Kier alpha value is -3.72. The van der Waals surface area contributed by atoms with Crippen LogP contribution >= 0.6 is 18.9 Å². The lowest BCUT2D eigenvalue weighted by Crippen LogP contribution is -2.51. The largest absolute Gasteiger partial charge is 0.308 e. The fraction of sp³-hybridized carbons (Fsp3) is 0.464. The summed E-state index contributed by atoms with van der Waals surface area (Å²) in [7, 11) is -3.50. The molecule has 0 unspecified atom stereocenters. The van der Waals surface area contributed by atoms with Gasteiger partial charge in [0.25, 0.3) is 0 Å². The van der Waals surface area contributed by atoms with E-state index in [1.807, 2.05) is 11.8 Å². The fourth-order valence-corrected chi connectivity index (χ4v) is 16.9. The van der Waals surface area contributed by atoms with Crippen molar-refractivity contribution in [2.75, 3.05) is 9.80 Å². The lowest BCUT2D eigenvalue weighted by molar-refractivity contribution is 0.540. The molecule has 5 heteroatoms. The van der Waals surface area contributed by atoms with Gasteiger partial charge in [-0.25, -0.2) is 0 Å². The molecule has 0 atom stereocenters. The predicted octanol–water partition coefficient (Wildman–Crippen LogP) is 15.1. The van der Waals surface area contributed by atoms with Gasteiger partial charge in [0.15, 0.2) is 7.14 Å². The highest BCUT2D eigenvalue weighted by Gasteiger charge is 2.59. The number of nitrogens with zero attached hydrogens (tertiary/aromatic N) is 2. The van der Waals surface area contributed by atoms with Gasteiger partial charge in [-0.3, -0.25) is 0 Å². The minimum atomic E-state index is -3.50. The molecule has 0 saturated heterocycles. The summed E-state index contributed by atoms with van der Waals surface area (Å²) in [6, 6.07) is 24.3. The van der Waals surface area contributed by atoms with Crippen molar-refractivity contribution in [3.63, 3.8) is 0 Å². The van der Waals surface area contributed by atoms with Crippen LogP contribution in [0.5, 0.6) is 0 Å². The Balaban J connectivity index is 1.46. The van der Waals surface area contributed by atoms with Crippen molar-refractivity contribution >= 4 is 68.9 Å². The Morgan fingerprint density at radius 1 is 0.443 bits per heavy atom. The van der Waals surface area contributed by atoms with Crippen LogP contribution in [-0.4, -0.2) is 0 Å². The maximum Gasteiger partial charge on any atom is 0.181 e. The molecule has 0 bridgehead atoms. The zero-order valence-electron chi connectivity index (χ0n) is 40.4. The number of anilines is 6. The van der Waals surface area contributed by atoms with Crippen molar-refractivity contribution < 1.29 is 4.57 Å². The van der Waals surface area contributed by atoms with E-state index in [4.69, 9.17) is 0 Å². The van der Waals surface area contributed by atoms with E-state index < -0.39 is 7.14 Å². The summed E-state index contributed by atoms with van der Waals surface area (Å²) in [5.41, 5.74) is 17.6. The molecule has 0 saturated carbocycles. The summed E-state index contributed by atoms with van der Waals surface area (Å²) in [5, 5.41) is 3.12. The molecule has 61 heavy (non-hydrogen) atoms. The Kier molecular flexibility index (Phi) is 7.92. The molecule has 318 valence electrons. The van der Waals surface area contributed by atoms with Crippen LogP contribution in [0.3, 0.4) is 0 Å². The van der Waals surface area contributed by atoms with Crippen LogP contribution < -0.4 is 25.7 Å². The van der Waals surface area contributed by atoms with Gasteiger partial charge < -0.3 is 14.4 Å². The second kappa shape index (κ2) is 11.7. The van der Waals surface area contributed by atoms with Crippen molar-refractivity contribution in [2.45, 2.75) is 179 Å². The summed E-state index contributed by atoms with van der Waals surface area (Å²) >= 11 is 1.87. The minimum absolute atomic E-state index is 0.0142. The molecule has 0 radical (unpaired) electrons. The zero-order chi connectivity index (χ0) is 44.5. The van der Waals surface area contributed by atoms with Gasteiger partial charge in [0.05, 0.1) is 50.0 Å². The van der Waals surface area contributed by atoms with Gasteiger partial charge in [-0.1, -0.05) is 168 Å². The third kappa shape index (κ3) is 5.22. The van der Waals surface area contributed by atoms with Crippen LogP contribution in [0.1, 0.15) is 182 Å². The average Bonchev–Trinajstić information content (AvgIpc) is 3.11. The quantitative estimate of drug-likeness (QED) is 0.142. The summed E-state index contributed by atoms with van der Waals surface area (Å²) in [4.78, 5) is 7.51. The molecule has 5 aliphatic rings. The summed E-state index contributed by atoms with van der Waals surface area (Å²) in [5.74, 6) is 0. The molecule has 0 fully saturated rings. The third-order valence-electron chi connectivity index (χ3n) is 14.9. The van der Waals surface area contributed by atoms with Crippen molar-refractivity contribution in [1.29, 1.82) is 0 Å². The van der Waals surface area contributed by atoms with E-state index in [1.165, 1.54) is 72.8 Å². The predicted molar refractivity (Wildman–Crippen MR) is 264 cm³/mol. The first-order valence-corrected chi connectivity index (χ1v) is 25.2. The van der Waals surface area contributed by atoms with Crippen LogP contribution in [-0.2, 0) is 42.5 Å². The molecule has 5 aromatic rings. The first-order valence-electron chi connectivity index (χ1n) is 22.6. The van der Waals surface area contributed by atoms with E-state index >= 15 is 4.57 Å². The Labute approximate surface area is 371 Å². The normalized spacial score (nSPS) is 18.4. The lowest BCUT2D eigenvalue weighted by atomic mass is 9.66. The highest BCUT2D eigenvalue weighted by molar-refractivity contribution is 8.03. The highest BCUT2D eigenvalue weighted by atomic mass is 32.2. The van der Waals surface area contributed by atoms with Gasteiger partial charge in [-0.05, 0) is 114 Å². The summed E-state index contributed by atoms with van der Waals surface area (Å²) in [6.07, 6.45) is 0. The van der Waals surface area contributed by atoms with E-state index in [0.29, 0.717) is 0 Å². The molecule has 0 amide bonds. The average molecular weight is 847 g/mol. The van der Waals surface area contributed by atoms with Gasteiger partial charge >= 0.3 is 0 Å². The van der Waals surface area contributed by atoms with Crippen LogP contribution in [0, 0.1) is 0 Å². The number of benzene rings is 5. The fourth-order valence-electron chi connectivity index (χ4n) is 11.5. The van der Waals surface area contributed by atoms with Crippen molar-refractivity contribution in [3.8, 4) is 0 Å². The van der Waals surface area contributed by atoms with E-state index in [0.717, 1.165) is 37.1 Å². The molecule has 5 aromatic carbocycles. The maximum atomic E-state index is 17.9. The van der Waals surface area contributed by atoms with Gasteiger partial charge in [0, 0.05) is 20.6 Å². The molecule has 0 aliphatic carbocycles. The molecule has 0 N–H and O–H groups in total. The zero-order valence-corrected chi connectivity index (χ0v) is 42.1. The summed E-state index contributed by atoms with van der Waals surface area (Å²) < 4.78 is 17.9. The molecule has 5 aliphatic heterocycles. The number of fused-ring (bicyclic) bond motifs is 6.